The summed E-state index contributed by atoms with van der Waals surface area (Å²) in [4.78, 5) is 29.3. The van der Waals surface area contributed by atoms with Crippen molar-refractivity contribution in [1.82, 2.24) is 0 Å². The lowest BCUT2D eigenvalue weighted by Gasteiger charge is -2.37. The van der Waals surface area contributed by atoms with Crippen LogP contribution in [0.25, 0.3) is 0 Å². The maximum Gasteiger partial charge on any atom is 0.238 e. The van der Waals surface area contributed by atoms with Crippen LogP contribution < -0.4 is 4.90 Å². The molecule has 3 aromatic carbocycles. The number of hydrogen-bond acceptors (Lipinski definition) is 2. The summed E-state index contributed by atoms with van der Waals surface area (Å²) < 4.78 is 0. The highest BCUT2D eigenvalue weighted by atomic mass is 16.2. The van der Waals surface area contributed by atoms with Crippen LogP contribution in [0.3, 0.4) is 0 Å². The predicted molar refractivity (Wildman–Crippen MR) is 123 cm³/mol. The van der Waals surface area contributed by atoms with Crippen LogP contribution in [0.4, 0.5) is 5.69 Å². The molecule has 2 aliphatic rings. The standard InChI is InChI=1S/C28H27NO2/c1-18-10-9-15-24(19(18)2)29-27(30)25-22(20-11-5-3-6-12-20)16-17-23(26(25)28(29)31)21-13-7-4-8-14-21/h3-15,22-23,25-26H,16-17H2,1-2H3/t22-,23-,25-,26+/m0/s1. The molecule has 1 saturated carbocycles. The molecule has 156 valence electrons. The van der Waals surface area contributed by atoms with Gasteiger partial charge in [-0.15, -0.1) is 0 Å². The van der Waals surface area contributed by atoms with Gasteiger partial charge in [0.15, 0.2) is 0 Å². The molecule has 1 aliphatic heterocycles. The Labute approximate surface area is 183 Å². The first-order chi connectivity index (χ1) is 15.1. The molecule has 0 unspecified atom stereocenters. The molecule has 0 N–H and O–H groups in total. The molecule has 1 heterocycles. The van der Waals surface area contributed by atoms with Gasteiger partial charge in [0, 0.05) is 0 Å². The molecule has 2 amide bonds. The van der Waals surface area contributed by atoms with Crippen LogP contribution >= 0.6 is 0 Å². The first kappa shape index (κ1) is 19.7. The van der Waals surface area contributed by atoms with E-state index >= 15 is 0 Å². The molecule has 1 aliphatic carbocycles. The summed E-state index contributed by atoms with van der Waals surface area (Å²) in [6.07, 6.45) is 1.81. The average Bonchev–Trinajstić information content (AvgIpc) is 3.07. The quantitative estimate of drug-likeness (QED) is 0.515. The molecule has 3 nitrogen and oxygen atoms in total. The van der Waals surface area contributed by atoms with E-state index in [1.807, 2.05) is 68.4 Å². The molecule has 1 saturated heterocycles. The van der Waals surface area contributed by atoms with Gasteiger partial charge in [0.25, 0.3) is 0 Å². The van der Waals surface area contributed by atoms with Crippen LogP contribution in [-0.4, -0.2) is 11.8 Å². The third-order valence-corrected chi connectivity index (χ3v) is 7.33. The highest BCUT2D eigenvalue weighted by Crippen LogP contribution is 2.53. The fourth-order valence-corrected chi connectivity index (χ4v) is 5.64. The summed E-state index contributed by atoms with van der Waals surface area (Å²) in [5.41, 5.74) is 5.14. The zero-order valence-corrected chi connectivity index (χ0v) is 18.0. The largest absolute Gasteiger partial charge is 0.274 e. The fraction of sp³-hybridized carbons (Fsp3) is 0.286. The second-order valence-electron chi connectivity index (χ2n) is 8.89. The fourth-order valence-electron chi connectivity index (χ4n) is 5.64. The minimum absolute atomic E-state index is 0.0433. The molecule has 3 aromatic rings. The number of fused-ring (bicyclic) bond motifs is 1. The summed E-state index contributed by atoms with van der Waals surface area (Å²) >= 11 is 0. The minimum atomic E-state index is -0.325. The summed E-state index contributed by atoms with van der Waals surface area (Å²) in [7, 11) is 0. The van der Waals surface area contributed by atoms with Crippen LogP contribution in [0.1, 0.15) is 46.9 Å². The molecule has 4 atom stereocenters. The van der Waals surface area contributed by atoms with Gasteiger partial charge in [-0.2, -0.15) is 0 Å². The van der Waals surface area contributed by atoms with Crippen molar-refractivity contribution >= 4 is 17.5 Å². The molecule has 3 heteroatoms. The lowest BCUT2D eigenvalue weighted by Crippen LogP contribution is -2.34. The molecule has 0 radical (unpaired) electrons. The third-order valence-electron chi connectivity index (χ3n) is 7.33. The van der Waals surface area contributed by atoms with Gasteiger partial charge < -0.3 is 0 Å². The Bertz CT molecular complexity index is 1060. The number of amides is 2. The number of carbonyl (C=O) groups excluding carboxylic acids is 2. The minimum Gasteiger partial charge on any atom is -0.274 e. The topological polar surface area (TPSA) is 37.4 Å². The number of anilines is 1. The zero-order chi connectivity index (χ0) is 21.5. The Kier molecular flexibility index (Phi) is 4.97. The molecule has 0 aromatic heterocycles. The van der Waals surface area contributed by atoms with Crippen molar-refractivity contribution in [2.45, 2.75) is 38.5 Å². The van der Waals surface area contributed by atoms with Crippen LogP contribution in [0.2, 0.25) is 0 Å². The Hall–Kier alpha value is -3.20. The highest BCUT2D eigenvalue weighted by molar-refractivity contribution is 6.23. The predicted octanol–water partition coefficient (Wildman–Crippen LogP) is 5.77. The van der Waals surface area contributed by atoms with E-state index in [-0.39, 0.29) is 35.5 Å². The van der Waals surface area contributed by atoms with E-state index in [1.165, 1.54) is 4.90 Å². The van der Waals surface area contributed by atoms with Crippen molar-refractivity contribution in [3.05, 3.63) is 101 Å². The summed E-state index contributed by atoms with van der Waals surface area (Å²) in [6.45, 7) is 4.02. The second kappa shape index (κ2) is 7.81. The maximum absolute atomic E-state index is 13.9. The Balaban J connectivity index is 1.63. The average molecular weight is 410 g/mol. The van der Waals surface area contributed by atoms with Gasteiger partial charge in [-0.25, -0.2) is 4.90 Å². The van der Waals surface area contributed by atoms with Gasteiger partial charge in [-0.3, -0.25) is 9.59 Å². The summed E-state index contributed by atoms with van der Waals surface area (Å²) in [5, 5.41) is 0. The number of carbonyl (C=O) groups is 2. The summed E-state index contributed by atoms with van der Waals surface area (Å²) in [6, 6.07) is 26.4. The molecule has 5 rings (SSSR count). The number of nitrogens with zero attached hydrogens (tertiary/aromatic N) is 1. The van der Waals surface area contributed by atoms with Crippen LogP contribution in [-0.2, 0) is 9.59 Å². The third kappa shape index (κ3) is 3.20. The van der Waals surface area contributed by atoms with Gasteiger partial charge >= 0.3 is 0 Å². The molecule has 2 fully saturated rings. The van der Waals surface area contributed by atoms with Crippen LogP contribution in [0, 0.1) is 25.7 Å². The second-order valence-corrected chi connectivity index (χ2v) is 8.89. The number of benzene rings is 3. The van der Waals surface area contributed by atoms with Crippen LogP contribution in [0.5, 0.6) is 0 Å². The Morgan fingerprint density at radius 3 is 1.61 bits per heavy atom. The number of rotatable bonds is 3. The Morgan fingerprint density at radius 2 is 1.13 bits per heavy atom. The zero-order valence-electron chi connectivity index (χ0n) is 18.0. The van der Waals surface area contributed by atoms with E-state index in [4.69, 9.17) is 0 Å². The monoisotopic (exact) mass is 409 g/mol. The van der Waals surface area contributed by atoms with Crippen molar-refractivity contribution in [2.75, 3.05) is 4.90 Å². The lowest BCUT2D eigenvalue weighted by atomic mass is 9.64. The van der Waals surface area contributed by atoms with Gasteiger partial charge in [-0.05, 0) is 66.8 Å². The molecule has 31 heavy (non-hydrogen) atoms. The first-order valence-corrected chi connectivity index (χ1v) is 11.1. The van der Waals surface area contributed by atoms with Gasteiger partial charge in [0.1, 0.15) is 0 Å². The molecular weight excluding hydrogens is 382 g/mol. The van der Waals surface area contributed by atoms with Gasteiger partial charge in [0.05, 0.1) is 17.5 Å². The van der Waals surface area contributed by atoms with E-state index < -0.39 is 0 Å². The normalized spacial score (nSPS) is 25.5. The maximum atomic E-state index is 13.9. The van der Waals surface area contributed by atoms with E-state index in [0.29, 0.717) is 0 Å². The SMILES string of the molecule is Cc1cccc(N2C(=O)[C@@H]3[C@H](C2=O)[C@H](c2ccccc2)CC[C@H]3c2ccccc2)c1C. The molecular formula is C28H27NO2. The van der Waals surface area contributed by atoms with Crippen molar-refractivity contribution in [2.24, 2.45) is 11.8 Å². The van der Waals surface area contributed by atoms with Gasteiger partial charge in [-0.1, -0.05) is 72.8 Å². The highest BCUT2D eigenvalue weighted by Gasteiger charge is 2.57. The summed E-state index contributed by atoms with van der Waals surface area (Å²) in [5.74, 6) is -0.602. The number of aryl methyl sites for hydroxylation is 1. The van der Waals surface area contributed by atoms with E-state index in [1.54, 1.807) is 0 Å². The van der Waals surface area contributed by atoms with E-state index in [2.05, 4.69) is 24.3 Å². The van der Waals surface area contributed by atoms with Crippen molar-refractivity contribution in [1.29, 1.82) is 0 Å². The van der Waals surface area contributed by atoms with Crippen molar-refractivity contribution in [3.8, 4) is 0 Å². The Morgan fingerprint density at radius 1 is 0.645 bits per heavy atom. The van der Waals surface area contributed by atoms with Crippen LogP contribution in [0.15, 0.2) is 78.9 Å². The smallest absolute Gasteiger partial charge is 0.238 e. The number of imide groups is 1. The molecule has 0 bridgehead atoms. The van der Waals surface area contributed by atoms with Gasteiger partial charge in [0.2, 0.25) is 11.8 Å². The first-order valence-electron chi connectivity index (χ1n) is 11.1. The molecule has 0 spiro atoms. The van der Waals surface area contributed by atoms with Crippen molar-refractivity contribution < 1.29 is 9.59 Å². The number of hydrogen-bond donors (Lipinski definition) is 0. The van der Waals surface area contributed by atoms with E-state index in [0.717, 1.165) is 40.8 Å². The van der Waals surface area contributed by atoms with E-state index in [9.17, 15) is 9.59 Å². The lowest BCUT2D eigenvalue weighted by molar-refractivity contribution is -0.122. The van der Waals surface area contributed by atoms with Crippen molar-refractivity contribution in [3.63, 3.8) is 0 Å².